The van der Waals surface area contributed by atoms with E-state index in [1.807, 2.05) is 6.07 Å². The Morgan fingerprint density at radius 3 is 3.00 bits per heavy atom. The Kier molecular flexibility index (Phi) is 2.81. The largest absolute Gasteiger partial charge is 0.302 e. The van der Waals surface area contributed by atoms with E-state index in [0.717, 1.165) is 27.7 Å². The normalized spacial score (nSPS) is 28.1. The smallest absolute Gasteiger partial charge is 0.229 e. The molecule has 2 aliphatic rings. The summed E-state index contributed by atoms with van der Waals surface area (Å²) in [6.45, 7) is 2.08. The molecular formula is C16H18N2OS. The summed E-state index contributed by atoms with van der Waals surface area (Å²) in [5.41, 5.74) is 2.20. The second-order valence-corrected chi connectivity index (χ2v) is 7.29. The maximum atomic E-state index is 12.4. The van der Waals surface area contributed by atoms with E-state index in [4.69, 9.17) is 0 Å². The predicted molar refractivity (Wildman–Crippen MR) is 81.9 cm³/mol. The van der Waals surface area contributed by atoms with Gasteiger partial charge in [-0.25, -0.2) is 4.98 Å². The molecule has 2 aliphatic carbocycles. The van der Waals surface area contributed by atoms with Crippen molar-refractivity contribution in [3.05, 3.63) is 23.8 Å². The number of thiazole rings is 1. The first kappa shape index (κ1) is 12.3. The van der Waals surface area contributed by atoms with Gasteiger partial charge in [0.05, 0.1) is 10.2 Å². The number of anilines is 1. The molecule has 0 spiro atoms. The van der Waals surface area contributed by atoms with E-state index in [9.17, 15) is 4.79 Å². The van der Waals surface area contributed by atoms with Crippen molar-refractivity contribution in [3.8, 4) is 0 Å². The number of carbonyl (C=O) groups is 1. The Hall–Kier alpha value is -1.42. The highest BCUT2D eigenvalue weighted by atomic mass is 32.1. The molecule has 0 radical (unpaired) electrons. The number of aryl methyl sites for hydroxylation is 1. The van der Waals surface area contributed by atoms with Crippen molar-refractivity contribution in [3.63, 3.8) is 0 Å². The van der Waals surface area contributed by atoms with Crippen LogP contribution in [0.2, 0.25) is 0 Å². The SMILES string of the molecule is Cc1ccc2nc(NC(=O)[C@H]3C[C@@H]4CC[C@@H]3C4)sc2c1. The summed E-state index contributed by atoms with van der Waals surface area (Å²) in [5.74, 6) is 1.83. The molecule has 2 aromatic rings. The third kappa shape index (κ3) is 2.03. The summed E-state index contributed by atoms with van der Waals surface area (Å²) < 4.78 is 1.15. The van der Waals surface area contributed by atoms with Crippen molar-refractivity contribution < 1.29 is 4.79 Å². The molecule has 1 aromatic heterocycles. The van der Waals surface area contributed by atoms with Crippen LogP contribution in [0.1, 0.15) is 31.2 Å². The summed E-state index contributed by atoms with van der Waals surface area (Å²) in [7, 11) is 0. The molecule has 2 saturated carbocycles. The van der Waals surface area contributed by atoms with Crippen molar-refractivity contribution in [2.24, 2.45) is 17.8 Å². The molecule has 2 bridgehead atoms. The van der Waals surface area contributed by atoms with Crippen LogP contribution in [0.25, 0.3) is 10.2 Å². The Morgan fingerprint density at radius 1 is 1.35 bits per heavy atom. The highest BCUT2D eigenvalue weighted by molar-refractivity contribution is 7.22. The second-order valence-electron chi connectivity index (χ2n) is 6.26. The highest BCUT2D eigenvalue weighted by Gasteiger charge is 2.43. The summed E-state index contributed by atoms with van der Waals surface area (Å²) in [6, 6.07) is 6.21. The third-order valence-corrected chi connectivity index (χ3v) is 5.78. The van der Waals surface area contributed by atoms with Crippen molar-refractivity contribution >= 4 is 32.6 Å². The third-order valence-electron chi connectivity index (χ3n) is 4.85. The van der Waals surface area contributed by atoms with Gasteiger partial charge in [0.2, 0.25) is 5.91 Å². The van der Waals surface area contributed by atoms with E-state index in [-0.39, 0.29) is 11.8 Å². The maximum Gasteiger partial charge on any atom is 0.229 e. The summed E-state index contributed by atoms with van der Waals surface area (Å²) in [6.07, 6.45) is 4.91. The van der Waals surface area contributed by atoms with Crippen LogP contribution in [0.3, 0.4) is 0 Å². The molecular weight excluding hydrogens is 268 g/mol. The molecule has 4 heteroatoms. The van der Waals surface area contributed by atoms with Gasteiger partial charge in [-0.05, 0) is 55.7 Å². The molecule has 20 heavy (non-hydrogen) atoms. The average molecular weight is 286 g/mol. The fraction of sp³-hybridized carbons (Fsp3) is 0.500. The van der Waals surface area contributed by atoms with Crippen LogP contribution >= 0.6 is 11.3 Å². The molecule has 3 atom stereocenters. The van der Waals surface area contributed by atoms with E-state index in [0.29, 0.717) is 5.92 Å². The maximum absolute atomic E-state index is 12.4. The van der Waals surface area contributed by atoms with Gasteiger partial charge in [0.1, 0.15) is 0 Å². The number of rotatable bonds is 2. The second kappa shape index (κ2) is 4.55. The van der Waals surface area contributed by atoms with Gasteiger partial charge < -0.3 is 5.32 Å². The highest BCUT2D eigenvalue weighted by Crippen LogP contribution is 2.48. The molecule has 0 saturated heterocycles. The van der Waals surface area contributed by atoms with Gasteiger partial charge in [0.25, 0.3) is 0 Å². The molecule has 0 aliphatic heterocycles. The van der Waals surface area contributed by atoms with E-state index < -0.39 is 0 Å². The number of hydrogen-bond acceptors (Lipinski definition) is 3. The summed E-state index contributed by atoms with van der Waals surface area (Å²) >= 11 is 1.58. The van der Waals surface area contributed by atoms with Crippen LogP contribution in [0.15, 0.2) is 18.2 Å². The number of fused-ring (bicyclic) bond motifs is 3. The van der Waals surface area contributed by atoms with Crippen LogP contribution in [0, 0.1) is 24.7 Å². The minimum absolute atomic E-state index is 0.188. The Morgan fingerprint density at radius 2 is 2.25 bits per heavy atom. The summed E-state index contributed by atoms with van der Waals surface area (Å²) in [4.78, 5) is 16.9. The first-order valence-electron chi connectivity index (χ1n) is 7.37. The van der Waals surface area contributed by atoms with Crippen molar-refractivity contribution in [1.82, 2.24) is 4.98 Å². The lowest BCUT2D eigenvalue weighted by molar-refractivity contribution is -0.121. The van der Waals surface area contributed by atoms with Gasteiger partial charge in [0, 0.05) is 5.92 Å². The van der Waals surface area contributed by atoms with E-state index in [1.165, 1.54) is 24.8 Å². The standard InChI is InChI=1S/C16H18N2OS/c1-9-2-5-13-14(6-9)20-16(17-13)18-15(19)12-8-10-3-4-11(12)7-10/h2,5-6,10-12H,3-4,7-8H2,1H3,(H,17,18,19)/t10-,11-,12+/m1/s1. The monoisotopic (exact) mass is 286 g/mol. The van der Waals surface area contributed by atoms with Crippen LogP contribution in [0.5, 0.6) is 0 Å². The number of amides is 1. The Bertz CT molecular complexity index is 678. The number of nitrogens with zero attached hydrogens (tertiary/aromatic N) is 1. The zero-order valence-electron chi connectivity index (χ0n) is 11.6. The summed E-state index contributed by atoms with van der Waals surface area (Å²) in [5, 5.41) is 3.79. The lowest BCUT2D eigenvalue weighted by Crippen LogP contribution is -2.27. The molecule has 1 aromatic carbocycles. The van der Waals surface area contributed by atoms with Gasteiger partial charge in [-0.1, -0.05) is 23.8 Å². The molecule has 1 N–H and O–H groups in total. The zero-order chi connectivity index (χ0) is 13.7. The van der Waals surface area contributed by atoms with Gasteiger partial charge in [-0.3, -0.25) is 4.79 Å². The van der Waals surface area contributed by atoms with E-state index in [2.05, 4.69) is 29.4 Å². The fourth-order valence-corrected chi connectivity index (χ4v) is 4.82. The van der Waals surface area contributed by atoms with Gasteiger partial charge in [-0.2, -0.15) is 0 Å². The van der Waals surface area contributed by atoms with Crippen molar-refractivity contribution in [2.75, 3.05) is 5.32 Å². The first-order chi connectivity index (χ1) is 9.69. The molecule has 104 valence electrons. The predicted octanol–water partition coefficient (Wildman–Crippen LogP) is 3.98. The van der Waals surface area contributed by atoms with Crippen LogP contribution in [0.4, 0.5) is 5.13 Å². The van der Waals surface area contributed by atoms with Crippen LogP contribution in [-0.2, 0) is 4.79 Å². The average Bonchev–Trinajstić information content (AvgIpc) is 3.11. The molecule has 1 amide bonds. The fourth-order valence-electron chi connectivity index (χ4n) is 3.85. The molecule has 4 rings (SSSR count). The van der Waals surface area contributed by atoms with E-state index in [1.54, 1.807) is 11.3 Å². The van der Waals surface area contributed by atoms with Crippen molar-refractivity contribution in [1.29, 1.82) is 0 Å². The minimum atomic E-state index is 0.188. The van der Waals surface area contributed by atoms with Crippen LogP contribution < -0.4 is 5.32 Å². The Balaban J connectivity index is 1.53. The molecule has 2 fully saturated rings. The number of nitrogens with one attached hydrogen (secondary N) is 1. The van der Waals surface area contributed by atoms with Gasteiger partial charge in [0.15, 0.2) is 5.13 Å². The topological polar surface area (TPSA) is 42.0 Å². The zero-order valence-corrected chi connectivity index (χ0v) is 12.4. The minimum Gasteiger partial charge on any atom is -0.302 e. The number of benzene rings is 1. The number of carbonyl (C=O) groups excluding carboxylic acids is 1. The number of aromatic nitrogens is 1. The molecule has 1 heterocycles. The van der Waals surface area contributed by atoms with Crippen LogP contribution in [-0.4, -0.2) is 10.9 Å². The molecule has 0 unspecified atom stereocenters. The number of hydrogen-bond donors (Lipinski definition) is 1. The van der Waals surface area contributed by atoms with E-state index >= 15 is 0 Å². The quantitative estimate of drug-likeness (QED) is 0.907. The Labute approximate surface area is 122 Å². The lowest BCUT2D eigenvalue weighted by Gasteiger charge is -2.19. The van der Waals surface area contributed by atoms with Gasteiger partial charge in [-0.15, -0.1) is 0 Å². The van der Waals surface area contributed by atoms with Crippen molar-refractivity contribution in [2.45, 2.75) is 32.6 Å². The molecule has 3 nitrogen and oxygen atoms in total. The lowest BCUT2D eigenvalue weighted by atomic mass is 9.88. The first-order valence-corrected chi connectivity index (χ1v) is 8.19. The van der Waals surface area contributed by atoms with Gasteiger partial charge >= 0.3 is 0 Å².